The summed E-state index contributed by atoms with van der Waals surface area (Å²) in [6.07, 6.45) is 3.73. The average molecular weight is 130 g/mol. The minimum atomic E-state index is 0.333. The second kappa shape index (κ2) is 3.18. The van der Waals surface area contributed by atoms with Crippen LogP contribution < -0.4 is 0 Å². The van der Waals surface area contributed by atoms with Gasteiger partial charge in [0.05, 0.1) is 6.10 Å². The summed E-state index contributed by atoms with van der Waals surface area (Å²) in [5.74, 6) is 0.509. The van der Waals surface area contributed by atoms with Crippen molar-refractivity contribution in [1.29, 1.82) is 0 Å². The van der Waals surface area contributed by atoms with Gasteiger partial charge in [-0.3, -0.25) is 0 Å². The van der Waals surface area contributed by atoms with E-state index in [1.54, 1.807) is 7.11 Å². The number of methoxy groups -OCH3 is 1. The van der Waals surface area contributed by atoms with Crippen LogP contribution in [-0.4, -0.2) is 24.9 Å². The van der Waals surface area contributed by atoms with Crippen molar-refractivity contribution in [1.82, 2.24) is 0 Å². The first-order valence-corrected chi connectivity index (χ1v) is 3.50. The number of hydrogen-bond donors (Lipinski definition) is 1. The van der Waals surface area contributed by atoms with Crippen molar-refractivity contribution < 1.29 is 9.84 Å². The predicted molar refractivity (Wildman–Crippen MR) is 35.2 cm³/mol. The van der Waals surface area contributed by atoms with Crippen molar-refractivity contribution in [3.63, 3.8) is 0 Å². The van der Waals surface area contributed by atoms with Gasteiger partial charge < -0.3 is 9.84 Å². The molecule has 0 saturated heterocycles. The van der Waals surface area contributed by atoms with E-state index in [0.29, 0.717) is 18.6 Å². The molecule has 1 N–H and O–H groups in total. The molecular weight excluding hydrogens is 116 g/mol. The summed E-state index contributed by atoms with van der Waals surface area (Å²) in [5, 5.41) is 8.72. The van der Waals surface area contributed by atoms with Crippen LogP contribution in [-0.2, 0) is 4.74 Å². The second-order valence-corrected chi connectivity index (χ2v) is 2.72. The fourth-order valence-corrected chi connectivity index (χ4v) is 1.41. The molecule has 0 bridgehead atoms. The molecule has 9 heavy (non-hydrogen) atoms. The zero-order chi connectivity index (χ0) is 6.69. The molecule has 0 radical (unpaired) electrons. The van der Waals surface area contributed by atoms with Crippen molar-refractivity contribution >= 4 is 0 Å². The molecular formula is C7H14O2. The van der Waals surface area contributed by atoms with Gasteiger partial charge in [-0.2, -0.15) is 0 Å². The maximum Gasteiger partial charge on any atom is 0.0575 e. The van der Waals surface area contributed by atoms with Crippen LogP contribution in [0.15, 0.2) is 0 Å². The summed E-state index contributed by atoms with van der Waals surface area (Å²) >= 11 is 0. The van der Waals surface area contributed by atoms with Gasteiger partial charge in [-0.25, -0.2) is 0 Å². The molecule has 2 heteroatoms. The van der Waals surface area contributed by atoms with Crippen LogP contribution in [0.5, 0.6) is 0 Å². The highest BCUT2D eigenvalue weighted by Gasteiger charge is 2.22. The van der Waals surface area contributed by atoms with E-state index in [4.69, 9.17) is 9.84 Å². The average Bonchev–Trinajstić information content (AvgIpc) is 2.34. The molecule has 0 aliphatic heterocycles. The minimum Gasteiger partial charge on any atom is -0.396 e. The van der Waals surface area contributed by atoms with Crippen molar-refractivity contribution in [2.75, 3.05) is 13.7 Å². The van der Waals surface area contributed by atoms with E-state index < -0.39 is 0 Å². The summed E-state index contributed by atoms with van der Waals surface area (Å²) in [6.45, 7) is 0.333. The minimum absolute atomic E-state index is 0.333. The summed E-state index contributed by atoms with van der Waals surface area (Å²) in [7, 11) is 1.74. The molecule has 0 aromatic carbocycles. The Morgan fingerprint density at radius 1 is 1.56 bits per heavy atom. The first-order valence-electron chi connectivity index (χ1n) is 3.50. The number of aliphatic hydroxyl groups excluding tert-OH is 1. The Morgan fingerprint density at radius 3 is 2.67 bits per heavy atom. The lowest BCUT2D eigenvalue weighted by Gasteiger charge is -2.05. The Morgan fingerprint density at radius 2 is 2.33 bits per heavy atom. The van der Waals surface area contributed by atoms with Crippen LogP contribution in [0.25, 0.3) is 0 Å². The standard InChI is InChI=1S/C7H14O2/c1-9-7-3-2-6(4-7)5-8/h6-8H,2-5H2,1H3. The lowest BCUT2D eigenvalue weighted by atomic mass is 10.1. The van der Waals surface area contributed by atoms with Crippen LogP contribution in [0.4, 0.5) is 0 Å². The van der Waals surface area contributed by atoms with Crippen LogP contribution in [0.1, 0.15) is 19.3 Å². The highest BCUT2D eigenvalue weighted by molar-refractivity contribution is 4.74. The number of rotatable bonds is 2. The lowest BCUT2D eigenvalue weighted by Crippen LogP contribution is -2.06. The largest absolute Gasteiger partial charge is 0.396 e. The molecule has 1 rings (SSSR count). The molecule has 0 amide bonds. The Balaban J connectivity index is 2.20. The van der Waals surface area contributed by atoms with E-state index in [1.165, 1.54) is 0 Å². The third-order valence-corrected chi connectivity index (χ3v) is 2.08. The summed E-state index contributed by atoms with van der Waals surface area (Å²) in [6, 6.07) is 0. The normalized spacial score (nSPS) is 35.3. The van der Waals surface area contributed by atoms with E-state index in [9.17, 15) is 0 Å². The van der Waals surface area contributed by atoms with Crippen LogP contribution in [0, 0.1) is 5.92 Å². The van der Waals surface area contributed by atoms with Crippen molar-refractivity contribution in [2.24, 2.45) is 5.92 Å². The molecule has 1 saturated carbocycles. The van der Waals surface area contributed by atoms with Crippen LogP contribution in [0.3, 0.4) is 0 Å². The first kappa shape index (κ1) is 7.03. The van der Waals surface area contributed by atoms with Crippen LogP contribution >= 0.6 is 0 Å². The number of aliphatic hydroxyl groups is 1. The number of hydrogen-bond acceptors (Lipinski definition) is 2. The number of ether oxygens (including phenoxy) is 1. The molecule has 1 aliphatic carbocycles. The molecule has 2 unspecified atom stereocenters. The molecule has 54 valence electrons. The maximum atomic E-state index is 8.72. The van der Waals surface area contributed by atoms with Crippen molar-refractivity contribution in [2.45, 2.75) is 25.4 Å². The summed E-state index contributed by atoms with van der Waals surface area (Å²) in [4.78, 5) is 0. The van der Waals surface area contributed by atoms with Gasteiger partial charge in [0.1, 0.15) is 0 Å². The fourth-order valence-electron chi connectivity index (χ4n) is 1.41. The van der Waals surface area contributed by atoms with E-state index in [0.717, 1.165) is 19.3 Å². The van der Waals surface area contributed by atoms with Gasteiger partial charge in [-0.1, -0.05) is 0 Å². The fraction of sp³-hybridized carbons (Fsp3) is 1.00. The Bertz CT molecular complexity index is 73.0. The van der Waals surface area contributed by atoms with Gasteiger partial charge in [0, 0.05) is 13.7 Å². The zero-order valence-electron chi connectivity index (χ0n) is 5.84. The predicted octanol–water partition coefficient (Wildman–Crippen LogP) is 0.794. The molecule has 1 aliphatic rings. The van der Waals surface area contributed by atoms with Gasteiger partial charge in [0.15, 0.2) is 0 Å². The molecule has 0 heterocycles. The van der Waals surface area contributed by atoms with Gasteiger partial charge in [-0.05, 0) is 25.2 Å². The van der Waals surface area contributed by atoms with E-state index in [-0.39, 0.29) is 0 Å². The molecule has 2 nitrogen and oxygen atoms in total. The maximum absolute atomic E-state index is 8.72. The Labute approximate surface area is 55.8 Å². The van der Waals surface area contributed by atoms with Crippen molar-refractivity contribution in [3.8, 4) is 0 Å². The molecule has 0 aromatic heterocycles. The summed E-state index contributed by atoms with van der Waals surface area (Å²) in [5.41, 5.74) is 0. The summed E-state index contributed by atoms with van der Waals surface area (Å²) < 4.78 is 5.13. The van der Waals surface area contributed by atoms with Gasteiger partial charge in [0.2, 0.25) is 0 Å². The third kappa shape index (κ3) is 1.66. The quantitative estimate of drug-likeness (QED) is 0.599. The third-order valence-electron chi connectivity index (χ3n) is 2.08. The van der Waals surface area contributed by atoms with Gasteiger partial charge in [-0.15, -0.1) is 0 Å². The van der Waals surface area contributed by atoms with E-state index in [1.807, 2.05) is 0 Å². The SMILES string of the molecule is COC1CCC(CO)C1. The van der Waals surface area contributed by atoms with Crippen molar-refractivity contribution in [3.05, 3.63) is 0 Å². The van der Waals surface area contributed by atoms with Gasteiger partial charge in [0.25, 0.3) is 0 Å². The zero-order valence-corrected chi connectivity index (χ0v) is 5.84. The topological polar surface area (TPSA) is 29.5 Å². The lowest BCUT2D eigenvalue weighted by molar-refractivity contribution is 0.100. The second-order valence-electron chi connectivity index (χ2n) is 2.72. The Hall–Kier alpha value is -0.0800. The molecule has 0 aromatic rings. The molecule has 2 atom stereocenters. The van der Waals surface area contributed by atoms with E-state index in [2.05, 4.69) is 0 Å². The van der Waals surface area contributed by atoms with Crippen LogP contribution in [0.2, 0.25) is 0 Å². The molecule has 1 fully saturated rings. The first-order chi connectivity index (χ1) is 4.36. The van der Waals surface area contributed by atoms with E-state index >= 15 is 0 Å². The van der Waals surface area contributed by atoms with Gasteiger partial charge >= 0.3 is 0 Å². The Kier molecular flexibility index (Phi) is 2.49. The smallest absolute Gasteiger partial charge is 0.0575 e. The monoisotopic (exact) mass is 130 g/mol. The highest BCUT2D eigenvalue weighted by Crippen LogP contribution is 2.26. The highest BCUT2D eigenvalue weighted by atomic mass is 16.5. The molecule has 0 spiro atoms.